The van der Waals surface area contributed by atoms with Crippen LogP contribution in [0.15, 0.2) is 61.7 Å². The van der Waals surface area contributed by atoms with Crippen molar-refractivity contribution < 1.29 is 23.0 Å². The van der Waals surface area contributed by atoms with Crippen LogP contribution in [0.3, 0.4) is 0 Å². The van der Waals surface area contributed by atoms with Crippen molar-refractivity contribution in [2.45, 2.75) is 29.7 Å². The number of rotatable bonds is 8. The second-order valence-electron chi connectivity index (χ2n) is 7.51. The molecule has 35 heavy (non-hydrogen) atoms. The van der Waals surface area contributed by atoms with Crippen molar-refractivity contribution in [3.05, 3.63) is 58.4 Å². The van der Waals surface area contributed by atoms with Gasteiger partial charge in [-0.15, -0.1) is 10.2 Å². The molecule has 13 heteroatoms. The van der Waals surface area contributed by atoms with Gasteiger partial charge < -0.3 is 20.5 Å². The first-order chi connectivity index (χ1) is 16.6. The average Bonchev–Trinajstić information content (AvgIpc) is 3.19. The lowest BCUT2D eigenvalue weighted by atomic mass is 10.1. The molecule has 0 atom stereocenters. The number of phenols is 2. The molecular weight excluding hydrogens is 494 g/mol. The number of hydrogen-bond acceptors (Lipinski definition) is 10. The molecule has 2 aromatic heterocycles. The van der Waals surface area contributed by atoms with E-state index in [-0.39, 0.29) is 27.8 Å². The van der Waals surface area contributed by atoms with Gasteiger partial charge in [-0.1, -0.05) is 37.7 Å². The van der Waals surface area contributed by atoms with E-state index in [0.717, 1.165) is 0 Å². The zero-order valence-corrected chi connectivity index (χ0v) is 20.5. The van der Waals surface area contributed by atoms with Gasteiger partial charge in [-0.25, -0.2) is 17.9 Å². The predicted molar refractivity (Wildman–Crippen MR) is 131 cm³/mol. The standard InChI is InChI=1S/C22H23N5O6S2/c1-3-26(4-2)35(31,32)15-7-5-6-13(8-15)21-24-25-22(27(21)23)34-12-14-9-20(30)33-19-11-18(29)17(28)10-16(14)19/h5-11,28-29H,3-4,12,23H2,1-2H3. The molecule has 0 aliphatic rings. The first-order valence-electron chi connectivity index (χ1n) is 10.6. The molecule has 184 valence electrons. The Kier molecular flexibility index (Phi) is 6.74. The molecule has 11 nitrogen and oxygen atoms in total. The van der Waals surface area contributed by atoms with Crippen molar-refractivity contribution in [1.82, 2.24) is 19.2 Å². The highest BCUT2D eigenvalue weighted by atomic mass is 32.2. The van der Waals surface area contributed by atoms with E-state index in [2.05, 4.69) is 10.2 Å². The number of phenolic OH excluding ortho intramolecular Hbond substituents is 2. The van der Waals surface area contributed by atoms with Gasteiger partial charge in [0.1, 0.15) is 5.58 Å². The van der Waals surface area contributed by atoms with Gasteiger partial charge in [-0.05, 0) is 23.8 Å². The number of nitrogens with two attached hydrogens (primary N) is 1. The highest BCUT2D eigenvalue weighted by molar-refractivity contribution is 7.98. The minimum absolute atomic E-state index is 0.126. The van der Waals surface area contributed by atoms with Crippen molar-refractivity contribution in [2.24, 2.45) is 0 Å². The van der Waals surface area contributed by atoms with Crippen LogP contribution < -0.4 is 11.5 Å². The molecular formula is C22H23N5O6S2. The van der Waals surface area contributed by atoms with Gasteiger partial charge in [0.25, 0.3) is 0 Å². The smallest absolute Gasteiger partial charge is 0.336 e. The molecule has 2 heterocycles. The average molecular weight is 518 g/mol. The summed E-state index contributed by atoms with van der Waals surface area (Å²) in [6, 6.07) is 10.1. The molecule has 0 saturated heterocycles. The third-order valence-corrected chi connectivity index (χ3v) is 8.42. The van der Waals surface area contributed by atoms with E-state index < -0.39 is 21.4 Å². The zero-order chi connectivity index (χ0) is 25.3. The van der Waals surface area contributed by atoms with E-state index in [1.54, 1.807) is 26.0 Å². The number of sulfonamides is 1. The lowest BCUT2D eigenvalue weighted by Crippen LogP contribution is -2.30. The number of aromatic nitrogens is 3. The second-order valence-corrected chi connectivity index (χ2v) is 10.4. The molecule has 0 unspecified atom stereocenters. The molecule has 0 spiro atoms. The lowest BCUT2D eigenvalue weighted by Gasteiger charge is -2.18. The number of fused-ring (bicyclic) bond motifs is 1. The van der Waals surface area contributed by atoms with Gasteiger partial charge in [0.2, 0.25) is 15.2 Å². The monoisotopic (exact) mass is 517 g/mol. The normalized spacial score (nSPS) is 12.0. The molecule has 0 aliphatic heterocycles. The molecule has 0 aliphatic carbocycles. The van der Waals surface area contributed by atoms with Crippen LogP contribution in [-0.2, 0) is 15.8 Å². The summed E-state index contributed by atoms with van der Waals surface area (Å²) in [7, 11) is -3.66. The Balaban J connectivity index is 1.63. The van der Waals surface area contributed by atoms with Gasteiger partial charge in [0.15, 0.2) is 17.3 Å². The van der Waals surface area contributed by atoms with Crippen molar-refractivity contribution >= 4 is 32.8 Å². The number of thioether (sulfide) groups is 1. The Bertz CT molecular complexity index is 1560. The third-order valence-electron chi connectivity index (χ3n) is 5.38. The van der Waals surface area contributed by atoms with Crippen molar-refractivity contribution in [1.29, 1.82) is 0 Å². The SMILES string of the molecule is CCN(CC)S(=O)(=O)c1cccc(-c2nnc(SCc3cc(=O)oc4cc(O)c(O)cc34)n2N)c1. The fraction of sp³-hybridized carbons (Fsp3) is 0.227. The fourth-order valence-electron chi connectivity index (χ4n) is 3.59. The molecule has 0 saturated carbocycles. The molecule has 0 amide bonds. The van der Waals surface area contributed by atoms with Crippen LogP contribution in [0.4, 0.5) is 0 Å². The van der Waals surface area contributed by atoms with Gasteiger partial charge in [-0.3, -0.25) is 0 Å². The van der Waals surface area contributed by atoms with Crippen LogP contribution in [0, 0.1) is 0 Å². The number of benzene rings is 2. The Morgan fingerprint density at radius 1 is 1.09 bits per heavy atom. The van der Waals surface area contributed by atoms with Crippen LogP contribution in [0.2, 0.25) is 0 Å². The summed E-state index contributed by atoms with van der Waals surface area (Å²) in [4.78, 5) is 12.1. The number of hydrogen-bond donors (Lipinski definition) is 3. The van der Waals surface area contributed by atoms with E-state index in [1.165, 1.54) is 51.1 Å². The van der Waals surface area contributed by atoms with Crippen LogP contribution in [-0.4, -0.2) is 50.9 Å². The molecule has 0 bridgehead atoms. The summed E-state index contributed by atoms with van der Waals surface area (Å²) in [5, 5.41) is 28.5. The fourth-order valence-corrected chi connectivity index (χ4v) is 5.95. The first kappa shape index (κ1) is 24.6. The summed E-state index contributed by atoms with van der Waals surface area (Å²) >= 11 is 1.18. The van der Waals surface area contributed by atoms with E-state index >= 15 is 0 Å². The summed E-state index contributed by atoms with van der Waals surface area (Å²) in [5.41, 5.74) is 0.531. The van der Waals surface area contributed by atoms with Crippen LogP contribution in [0.25, 0.3) is 22.4 Å². The molecule has 0 fully saturated rings. The summed E-state index contributed by atoms with van der Waals surface area (Å²) < 4.78 is 33.5. The first-order valence-corrected chi connectivity index (χ1v) is 13.0. The Hall–Kier alpha value is -3.55. The Morgan fingerprint density at radius 2 is 1.80 bits per heavy atom. The number of nitrogens with zero attached hydrogens (tertiary/aromatic N) is 4. The predicted octanol–water partition coefficient (Wildman–Crippen LogP) is 2.50. The summed E-state index contributed by atoms with van der Waals surface area (Å²) in [6.07, 6.45) is 0. The maximum Gasteiger partial charge on any atom is 0.336 e. The summed E-state index contributed by atoms with van der Waals surface area (Å²) in [6.45, 7) is 4.24. The Morgan fingerprint density at radius 3 is 2.51 bits per heavy atom. The van der Waals surface area contributed by atoms with Crippen molar-refractivity contribution in [3.63, 3.8) is 0 Å². The van der Waals surface area contributed by atoms with Crippen LogP contribution in [0.5, 0.6) is 11.5 Å². The minimum atomic E-state index is -3.66. The Labute approximate surface area is 204 Å². The maximum atomic E-state index is 12.9. The van der Waals surface area contributed by atoms with Gasteiger partial charge in [0, 0.05) is 41.9 Å². The topological polar surface area (TPSA) is 165 Å². The van der Waals surface area contributed by atoms with E-state index in [4.69, 9.17) is 10.3 Å². The second kappa shape index (κ2) is 9.60. The molecule has 2 aromatic carbocycles. The lowest BCUT2D eigenvalue weighted by molar-refractivity contribution is 0.403. The molecule has 0 radical (unpaired) electrons. The third kappa shape index (κ3) is 4.70. The highest BCUT2D eigenvalue weighted by Gasteiger charge is 2.23. The molecule has 4 aromatic rings. The van der Waals surface area contributed by atoms with E-state index in [9.17, 15) is 23.4 Å². The summed E-state index contributed by atoms with van der Waals surface area (Å²) in [5.74, 6) is 5.97. The largest absolute Gasteiger partial charge is 0.504 e. The minimum Gasteiger partial charge on any atom is -0.504 e. The molecule has 4 N–H and O–H groups in total. The number of nitrogen functional groups attached to an aromatic ring is 1. The van der Waals surface area contributed by atoms with Crippen molar-refractivity contribution in [2.75, 3.05) is 18.9 Å². The van der Waals surface area contributed by atoms with Crippen molar-refractivity contribution in [3.8, 4) is 22.9 Å². The van der Waals surface area contributed by atoms with Crippen LogP contribution in [0.1, 0.15) is 19.4 Å². The van der Waals surface area contributed by atoms with E-state index in [0.29, 0.717) is 34.8 Å². The zero-order valence-electron chi connectivity index (χ0n) is 18.9. The van der Waals surface area contributed by atoms with Gasteiger partial charge in [-0.2, -0.15) is 4.31 Å². The maximum absolute atomic E-state index is 12.9. The quantitative estimate of drug-likeness (QED) is 0.137. The molecule has 4 rings (SSSR count). The highest BCUT2D eigenvalue weighted by Crippen LogP contribution is 2.33. The van der Waals surface area contributed by atoms with E-state index in [1.807, 2.05) is 0 Å². The number of aromatic hydroxyl groups is 2. The van der Waals surface area contributed by atoms with Gasteiger partial charge in [0.05, 0.1) is 4.90 Å². The van der Waals surface area contributed by atoms with Crippen LogP contribution >= 0.6 is 11.8 Å². The van der Waals surface area contributed by atoms with Gasteiger partial charge >= 0.3 is 5.63 Å².